The lowest BCUT2D eigenvalue weighted by Gasteiger charge is -2.17. The van der Waals surface area contributed by atoms with Crippen molar-refractivity contribution in [3.8, 4) is 11.3 Å². The van der Waals surface area contributed by atoms with E-state index in [1.54, 1.807) is 36.5 Å². The van der Waals surface area contributed by atoms with Crippen LogP contribution in [-0.2, 0) is 6.54 Å². The molecule has 2 aliphatic rings. The summed E-state index contributed by atoms with van der Waals surface area (Å²) in [6, 6.07) is 16.3. The summed E-state index contributed by atoms with van der Waals surface area (Å²) in [6.45, 7) is 1.56. The van der Waals surface area contributed by atoms with E-state index in [0.717, 1.165) is 13.0 Å². The van der Waals surface area contributed by atoms with Crippen LogP contribution in [0.3, 0.4) is 0 Å². The highest BCUT2D eigenvalue weighted by Gasteiger charge is 2.27. The molecule has 6 rings (SSSR count). The topological polar surface area (TPSA) is 82.5 Å². The van der Waals surface area contributed by atoms with Crippen molar-refractivity contribution in [1.29, 1.82) is 0 Å². The third kappa shape index (κ3) is 5.55. The molecule has 1 fully saturated rings. The number of amides is 1. The van der Waals surface area contributed by atoms with Crippen LogP contribution in [0.5, 0.6) is 0 Å². The molecule has 1 aromatic heterocycles. The molecule has 210 valence electrons. The van der Waals surface area contributed by atoms with Gasteiger partial charge in [-0.05, 0) is 62.0 Å². The first-order valence-electron chi connectivity index (χ1n) is 12.9. The Kier molecular flexibility index (Phi) is 8.10. The van der Waals surface area contributed by atoms with Gasteiger partial charge in [-0.1, -0.05) is 31.2 Å². The lowest BCUT2D eigenvalue weighted by atomic mass is 9.95. The van der Waals surface area contributed by atoms with Crippen LogP contribution in [0.25, 0.3) is 11.3 Å². The summed E-state index contributed by atoms with van der Waals surface area (Å²) >= 11 is 6.30. The van der Waals surface area contributed by atoms with Crippen LogP contribution in [0.15, 0.2) is 71.9 Å². The molecule has 0 radical (unpaired) electrons. The number of halogens is 3. The number of nitrogens with zero attached hydrogens (tertiary/aromatic N) is 4. The van der Waals surface area contributed by atoms with Crippen molar-refractivity contribution >= 4 is 34.9 Å². The predicted molar refractivity (Wildman–Crippen MR) is 158 cm³/mol. The highest BCUT2D eigenvalue weighted by atomic mass is 35.5. The van der Waals surface area contributed by atoms with E-state index >= 15 is 0 Å². The lowest BCUT2D eigenvalue weighted by Crippen LogP contribution is -2.33. The molecule has 0 bridgehead atoms. The molecular formula is C31H29ClF2N6O. The number of rotatable bonds is 5. The average molecular weight is 575 g/mol. The summed E-state index contributed by atoms with van der Waals surface area (Å²) < 4.78 is 29.6. The molecule has 1 atom stereocenters. The minimum absolute atomic E-state index is 0. The molecule has 2 aliphatic heterocycles. The van der Waals surface area contributed by atoms with E-state index in [4.69, 9.17) is 16.6 Å². The van der Waals surface area contributed by atoms with E-state index in [-0.39, 0.29) is 31.2 Å². The number of aliphatic imine (C=N–C) groups is 1. The molecule has 3 heterocycles. The van der Waals surface area contributed by atoms with Gasteiger partial charge in [-0.3, -0.25) is 9.79 Å². The fourth-order valence-corrected chi connectivity index (χ4v) is 5.28. The van der Waals surface area contributed by atoms with Gasteiger partial charge in [0.2, 0.25) is 5.95 Å². The summed E-state index contributed by atoms with van der Waals surface area (Å²) in [6.07, 6.45) is 2.59. The van der Waals surface area contributed by atoms with Gasteiger partial charge in [0.25, 0.3) is 5.91 Å². The molecule has 0 aliphatic carbocycles. The van der Waals surface area contributed by atoms with Crippen molar-refractivity contribution in [2.45, 2.75) is 26.4 Å². The number of aromatic nitrogens is 2. The Morgan fingerprint density at radius 1 is 1.05 bits per heavy atom. The molecule has 0 spiro atoms. The summed E-state index contributed by atoms with van der Waals surface area (Å²) in [5.41, 5.74) is 3.67. The van der Waals surface area contributed by atoms with Crippen molar-refractivity contribution in [2.75, 3.05) is 25.5 Å². The van der Waals surface area contributed by atoms with E-state index in [1.165, 1.54) is 18.2 Å². The number of likely N-dealkylation sites (N-methyl/N-ethyl adjacent to an activating group) is 1. The summed E-state index contributed by atoms with van der Waals surface area (Å²) in [5, 5.41) is 6.82. The minimum atomic E-state index is -0.711. The number of fused-ring (bicyclic) bond motifs is 3. The SMILES string of the molecule is C.CNC1CCN(C(=O)c2ccc(Nc3ncc4c(n3)-c3ccc(Cl)cc3C(c3c(F)cccc3F)=NC4)cc2)C1. The van der Waals surface area contributed by atoms with Gasteiger partial charge in [0, 0.05) is 58.3 Å². The van der Waals surface area contributed by atoms with E-state index in [1.807, 2.05) is 24.1 Å². The first-order chi connectivity index (χ1) is 19.4. The number of likely N-dealkylation sites (tertiary alicyclic amines) is 1. The second-order valence-corrected chi connectivity index (χ2v) is 10.2. The molecule has 41 heavy (non-hydrogen) atoms. The van der Waals surface area contributed by atoms with Gasteiger partial charge < -0.3 is 15.5 Å². The number of benzene rings is 3. The molecular weight excluding hydrogens is 546 g/mol. The van der Waals surface area contributed by atoms with E-state index in [9.17, 15) is 13.6 Å². The highest BCUT2D eigenvalue weighted by Crippen LogP contribution is 2.34. The van der Waals surface area contributed by atoms with Gasteiger partial charge in [-0.25, -0.2) is 18.7 Å². The van der Waals surface area contributed by atoms with Crippen LogP contribution in [-0.4, -0.2) is 52.7 Å². The fourth-order valence-electron chi connectivity index (χ4n) is 5.11. The van der Waals surface area contributed by atoms with Crippen molar-refractivity contribution < 1.29 is 13.6 Å². The third-order valence-electron chi connectivity index (χ3n) is 7.24. The summed E-state index contributed by atoms with van der Waals surface area (Å²) in [5.74, 6) is -1.09. The van der Waals surface area contributed by atoms with Gasteiger partial charge in [-0.15, -0.1) is 0 Å². The maximum Gasteiger partial charge on any atom is 0.253 e. The Labute approximate surface area is 242 Å². The summed E-state index contributed by atoms with van der Waals surface area (Å²) in [7, 11) is 1.91. The molecule has 3 aromatic carbocycles. The lowest BCUT2D eigenvalue weighted by molar-refractivity contribution is 0.0789. The molecule has 1 saturated heterocycles. The zero-order valence-electron chi connectivity index (χ0n) is 21.6. The predicted octanol–water partition coefficient (Wildman–Crippen LogP) is 6.24. The maximum absolute atomic E-state index is 14.8. The average Bonchev–Trinajstić information content (AvgIpc) is 3.39. The zero-order valence-corrected chi connectivity index (χ0v) is 22.3. The molecule has 7 nitrogen and oxygen atoms in total. The third-order valence-corrected chi connectivity index (χ3v) is 7.47. The molecule has 1 unspecified atom stereocenters. The fraction of sp³-hybridized carbons (Fsp3) is 0.226. The molecule has 2 N–H and O–H groups in total. The van der Waals surface area contributed by atoms with Crippen LogP contribution in [0.1, 0.15) is 40.9 Å². The number of hydrogen-bond donors (Lipinski definition) is 2. The van der Waals surface area contributed by atoms with E-state index in [2.05, 4.69) is 20.6 Å². The number of nitrogens with one attached hydrogen (secondary N) is 2. The second-order valence-electron chi connectivity index (χ2n) is 9.75. The Morgan fingerprint density at radius 3 is 2.51 bits per heavy atom. The van der Waals surface area contributed by atoms with Crippen LogP contribution < -0.4 is 10.6 Å². The molecule has 4 aromatic rings. The first kappa shape index (κ1) is 28.3. The molecule has 0 saturated carbocycles. The van der Waals surface area contributed by atoms with Gasteiger partial charge in [0.15, 0.2) is 0 Å². The van der Waals surface area contributed by atoms with Crippen LogP contribution in [0.2, 0.25) is 5.02 Å². The smallest absolute Gasteiger partial charge is 0.253 e. The Morgan fingerprint density at radius 2 is 1.80 bits per heavy atom. The summed E-state index contributed by atoms with van der Waals surface area (Å²) in [4.78, 5) is 28.5. The van der Waals surface area contributed by atoms with Gasteiger partial charge >= 0.3 is 0 Å². The number of hydrogen-bond acceptors (Lipinski definition) is 6. The van der Waals surface area contributed by atoms with Crippen molar-refractivity contribution in [3.63, 3.8) is 0 Å². The van der Waals surface area contributed by atoms with E-state index in [0.29, 0.717) is 57.2 Å². The quantitative estimate of drug-likeness (QED) is 0.295. The molecule has 10 heteroatoms. The maximum atomic E-state index is 14.8. The van der Waals surface area contributed by atoms with Crippen LogP contribution in [0.4, 0.5) is 20.4 Å². The largest absolute Gasteiger partial charge is 0.337 e. The van der Waals surface area contributed by atoms with Crippen molar-refractivity contribution in [2.24, 2.45) is 4.99 Å². The van der Waals surface area contributed by atoms with Crippen molar-refractivity contribution in [1.82, 2.24) is 20.2 Å². The number of anilines is 2. The first-order valence-corrected chi connectivity index (χ1v) is 13.3. The second kappa shape index (κ2) is 11.7. The Bertz CT molecular complexity index is 1620. The number of carbonyl (C=O) groups is 1. The highest BCUT2D eigenvalue weighted by molar-refractivity contribution is 6.31. The zero-order chi connectivity index (χ0) is 27.8. The van der Waals surface area contributed by atoms with Crippen LogP contribution in [0, 0.1) is 11.6 Å². The van der Waals surface area contributed by atoms with Gasteiger partial charge in [-0.2, -0.15) is 0 Å². The van der Waals surface area contributed by atoms with Crippen LogP contribution >= 0.6 is 11.6 Å². The molecule has 1 amide bonds. The normalized spacial score (nSPS) is 15.8. The number of carbonyl (C=O) groups excluding carboxylic acids is 1. The van der Waals surface area contributed by atoms with Crippen molar-refractivity contribution in [3.05, 3.63) is 106 Å². The van der Waals surface area contributed by atoms with E-state index < -0.39 is 11.6 Å². The van der Waals surface area contributed by atoms with Gasteiger partial charge in [0.05, 0.1) is 23.5 Å². The standard InChI is InChI=1S/C30H25ClF2N6O.CH4/c1-34-21-11-12-39(16-21)29(40)17-5-8-20(9-6-17)37-30-36-15-18-14-35-28(26-24(32)3-2-4-25(26)33)23-13-19(31)7-10-22(23)27(18)38-30;/h2-10,13,15,21,34H,11-12,14,16H2,1H3,(H,36,37,38);1H4. The Hall–Kier alpha value is -4.21. The Balaban J connectivity index is 0.00000337. The minimum Gasteiger partial charge on any atom is -0.337 e. The monoisotopic (exact) mass is 574 g/mol. The van der Waals surface area contributed by atoms with Gasteiger partial charge in [0.1, 0.15) is 11.6 Å².